The number of nitrogens with one attached hydrogen (secondary N) is 1. The van der Waals surface area contributed by atoms with Crippen LogP contribution in [0.5, 0.6) is 5.75 Å². The van der Waals surface area contributed by atoms with Crippen molar-refractivity contribution in [3.63, 3.8) is 0 Å². The van der Waals surface area contributed by atoms with Gasteiger partial charge in [-0.15, -0.1) is 0 Å². The Kier molecular flexibility index (Phi) is 5.99. The first-order chi connectivity index (χ1) is 15.0. The summed E-state index contributed by atoms with van der Waals surface area (Å²) in [6, 6.07) is 16.5. The Labute approximate surface area is 182 Å². The highest BCUT2D eigenvalue weighted by Gasteiger charge is 2.17. The number of aromatic nitrogens is 2. The molecule has 0 aliphatic rings. The number of carbonyl (C=O) groups is 1. The normalized spacial score (nSPS) is 10.8. The minimum absolute atomic E-state index is 0.258. The molecule has 1 amide bonds. The molecule has 0 unspecified atom stereocenters. The largest absolute Gasteiger partial charge is 0.489 e. The van der Waals surface area contributed by atoms with Crippen molar-refractivity contribution in [3.05, 3.63) is 98.8 Å². The molecule has 0 aliphatic carbocycles. The van der Waals surface area contributed by atoms with Crippen LogP contribution in [0.3, 0.4) is 0 Å². The van der Waals surface area contributed by atoms with E-state index in [1.807, 2.05) is 49.4 Å². The first-order valence-electron chi connectivity index (χ1n) is 9.70. The summed E-state index contributed by atoms with van der Waals surface area (Å²) in [5, 5.41) is 3.25. The summed E-state index contributed by atoms with van der Waals surface area (Å²) in [7, 11) is 0. The van der Waals surface area contributed by atoms with Crippen molar-refractivity contribution < 1.29 is 13.9 Å². The summed E-state index contributed by atoms with van der Waals surface area (Å²) < 4.78 is 12.6. The maximum atomic E-state index is 12.6. The third kappa shape index (κ3) is 4.92. The van der Waals surface area contributed by atoms with Crippen LogP contribution in [0.15, 0.2) is 70.0 Å². The van der Waals surface area contributed by atoms with E-state index in [4.69, 9.17) is 9.15 Å². The maximum absolute atomic E-state index is 12.6. The van der Waals surface area contributed by atoms with Gasteiger partial charge in [-0.25, -0.2) is 4.98 Å². The van der Waals surface area contributed by atoms with E-state index in [1.54, 1.807) is 19.2 Å². The van der Waals surface area contributed by atoms with Gasteiger partial charge in [-0.2, -0.15) is 0 Å². The molecule has 4 rings (SSSR count). The lowest BCUT2D eigenvalue weighted by Gasteiger charge is -2.07. The van der Waals surface area contributed by atoms with Crippen LogP contribution >= 0.6 is 11.3 Å². The average Bonchev–Trinajstić information content (AvgIpc) is 3.36. The lowest BCUT2D eigenvalue weighted by Crippen LogP contribution is -2.22. The SMILES string of the molecule is Cc1ccc(CNC(=O)c2sc(-n3ccc(OCc4ccccc4)cc3=O)nc2C)o1. The molecule has 0 aliphatic heterocycles. The van der Waals surface area contributed by atoms with Gasteiger partial charge in [0.25, 0.3) is 11.5 Å². The van der Waals surface area contributed by atoms with Crippen LogP contribution in [0, 0.1) is 13.8 Å². The fourth-order valence-electron chi connectivity index (χ4n) is 2.97. The molecule has 0 radical (unpaired) electrons. The Morgan fingerprint density at radius 1 is 1.16 bits per heavy atom. The summed E-state index contributed by atoms with van der Waals surface area (Å²) in [4.78, 5) is 30.0. The molecule has 0 saturated carbocycles. The van der Waals surface area contributed by atoms with Gasteiger partial charge < -0.3 is 14.5 Å². The second-order valence-electron chi connectivity index (χ2n) is 6.95. The molecule has 4 aromatic rings. The first kappa shape index (κ1) is 20.6. The third-order valence-corrected chi connectivity index (χ3v) is 5.71. The molecule has 3 heterocycles. The van der Waals surface area contributed by atoms with E-state index in [0.717, 1.165) is 22.7 Å². The maximum Gasteiger partial charge on any atom is 0.263 e. The lowest BCUT2D eigenvalue weighted by atomic mass is 10.2. The van der Waals surface area contributed by atoms with Crippen molar-refractivity contribution in [1.29, 1.82) is 0 Å². The summed E-state index contributed by atoms with van der Waals surface area (Å²) in [6.45, 7) is 4.25. The van der Waals surface area contributed by atoms with Gasteiger partial charge in [0.15, 0.2) is 5.13 Å². The highest BCUT2D eigenvalue weighted by molar-refractivity contribution is 7.16. The summed E-state index contributed by atoms with van der Waals surface area (Å²) in [5.41, 5.74) is 1.30. The van der Waals surface area contributed by atoms with Gasteiger partial charge >= 0.3 is 0 Å². The van der Waals surface area contributed by atoms with E-state index in [0.29, 0.717) is 33.8 Å². The average molecular weight is 436 g/mol. The number of hydrogen-bond acceptors (Lipinski definition) is 6. The van der Waals surface area contributed by atoms with Crippen molar-refractivity contribution in [2.24, 2.45) is 0 Å². The molecule has 7 nitrogen and oxygen atoms in total. The van der Waals surface area contributed by atoms with Gasteiger partial charge in [-0.05, 0) is 37.6 Å². The molecule has 3 aromatic heterocycles. The Bertz CT molecular complexity index is 1260. The van der Waals surface area contributed by atoms with Crippen molar-refractivity contribution in [2.45, 2.75) is 27.0 Å². The predicted octanol–water partition coefficient (Wildman–Crippen LogP) is 4.01. The lowest BCUT2D eigenvalue weighted by molar-refractivity contribution is 0.0951. The van der Waals surface area contributed by atoms with E-state index in [1.165, 1.54) is 10.6 Å². The number of hydrogen-bond donors (Lipinski definition) is 1. The molecule has 0 saturated heterocycles. The summed E-state index contributed by atoms with van der Waals surface area (Å²) >= 11 is 1.16. The van der Waals surface area contributed by atoms with Crippen molar-refractivity contribution in [3.8, 4) is 10.9 Å². The smallest absolute Gasteiger partial charge is 0.263 e. The fraction of sp³-hybridized carbons (Fsp3) is 0.174. The standard InChI is InChI=1S/C23H21N3O4S/c1-15-8-9-19(30-15)13-24-22(28)21-16(2)25-23(31-21)26-11-10-18(12-20(26)27)29-14-17-6-4-3-5-7-17/h3-12H,13-14H2,1-2H3,(H,24,28). The molecule has 8 heteroatoms. The highest BCUT2D eigenvalue weighted by Crippen LogP contribution is 2.21. The molecule has 0 atom stereocenters. The first-order valence-corrected chi connectivity index (χ1v) is 10.5. The summed E-state index contributed by atoms with van der Waals surface area (Å²) in [5.74, 6) is 1.68. The van der Waals surface area contributed by atoms with E-state index in [-0.39, 0.29) is 18.0 Å². The van der Waals surface area contributed by atoms with Crippen LogP contribution in [-0.4, -0.2) is 15.5 Å². The van der Waals surface area contributed by atoms with Crippen molar-refractivity contribution in [2.75, 3.05) is 0 Å². The number of furan rings is 1. The molecule has 31 heavy (non-hydrogen) atoms. The Morgan fingerprint density at radius 2 is 1.97 bits per heavy atom. The van der Waals surface area contributed by atoms with Crippen molar-refractivity contribution >= 4 is 17.2 Å². The van der Waals surface area contributed by atoms with E-state index >= 15 is 0 Å². The number of aryl methyl sites for hydroxylation is 2. The van der Waals surface area contributed by atoms with Gasteiger partial charge in [-0.3, -0.25) is 14.2 Å². The van der Waals surface area contributed by atoms with Gasteiger partial charge in [0, 0.05) is 12.3 Å². The highest BCUT2D eigenvalue weighted by atomic mass is 32.1. The zero-order chi connectivity index (χ0) is 21.8. The second-order valence-corrected chi connectivity index (χ2v) is 7.93. The molecule has 1 aromatic carbocycles. The molecule has 158 valence electrons. The minimum Gasteiger partial charge on any atom is -0.489 e. The third-order valence-electron chi connectivity index (χ3n) is 4.56. The van der Waals surface area contributed by atoms with Crippen LogP contribution in [0.1, 0.15) is 32.4 Å². The van der Waals surface area contributed by atoms with Gasteiger partial charge in [0.2, 0.25) is 0 Å². The van der Waals surface area contributed by atoms with Gasteiger partial charge in [0.05, 0.1) is 12.2 Å². The summed E-state index contributed by atoms with van der Waals surface area (Å²) in [6.07, 6.45) is 1.61. The number of amides is 1. The van der Waals surface area contributed by atoms with Crippen LogP contribution in [0.25, 0.3) is 5.13 Å². The number of carbonyl (C=O) groups excluding carboxylic acids is 1. The molecule has 0 fully saturated rings. The predicted molar refractivity (Wildman–Crippen MR) is 118 cm³/mol. The van der Waals surface area contributed by atoms with E-state index in [2.05, 4.69) is 10.3 Å². The number of benzene rings is 1. The number of rotatable bonds is 7. The molecule has 1 N–H and O–H groups in total. The zero-order valence-electron chi connectivity index (χ0n) is 17.1. The monoisotopic (exact) mass is 435 g/mol. The van der Waals surface area contributed by atoms with E-state index < -0.39 is 0 Å². The number of ether oxygens (including phenoxy) is 1. The molecular weight excluding hydrogens is 414 g/mol. The fourth-order valence-corrected chi connectivity index (χ4v) is 3.95. The molecule has 0 spiro atoms. The molecule has 0 bridgehead atoms. The van der Waals surface area contributed by atoms with Crippen LogP contribution in [-0.2, 0) is 13.2 Å². The topological polar surface area (TPSA) is 86.4 Å². The quantitative estimate of drug-likeness (QED) is 0.474. The van der Waals surface area contributed by atoms with Crippen LogP contribution < -0.4 is 15.6 Å². The van der Waals surface area contributed by atoms with Gasteiger partial charge in [-0.1, -0.05) is 41.7 Å². The van der Waals surface area contributed by atoms with Crippen LogP contribution in [0.4, 0.5) is 0 Å². The van der Waals surface area contributed by atoms with Crippen LogP contribution in [0.2, 0.25) is 0 Å². The number of thiazole rings is 1. The Hall–Kier alpha value is -3.65. The number of nitrogens with zero attached hydrogens (tertiary/aromatic N) is 2. The molecular formula is C23H21N3O4S. The Balaban J connectivity index is 1.45. The van der Waals surface area contributed by atoms with E-state index in [9.17, 15) is 9.59 Å². The minimum atomic E-state index is -0.280. The second kappa shape index (κ2) is 9.01. The van der Waals surface area contributed by atoms with Gasteiger partial charge in [0.1, 0.15) is 28.8 Å². The van der Waals surface area contributed by atoms with Crippen molar-refractivity contribution in [1.82, 2.24) is 14.9 Å². The number of pyridine rings is 1. The zero-order valence-corrected chi connectivity index (χ0v) is 17.9. The Morgan fingerprint density at radius 3 is 2.68 bits per heavy atom.